The van der Waals surface area contributed by atoms with Gasteiger partial charge in [0.2, 0.25) is 0 Å². The predicted molar refractivity (Wildman–Crippen MR) is 214 cm³/mol. The molecule has 0 bridgehead atoms. The van der Waals surface area contributed by atoms with Gasteiger partial charge in [-0.15, -0.1) is 0 Å². The Morgan fingerprint density at radius 2 is 0.851 bits per heavy atom. The first-order valence-electron chi connectivity index (χ1n) is 18.6. The van der Waals surface area contributed by atoms with Crippen LogP contribution in [0.4, 0.5) is 0 Å². The molecule has 4 aromatic rings. The first-order chi connectivity index (χ1) is 22.3. The lowest BCUT2D eigenvalue weighted by atomic mass is 9.79. The molecule has 1 atom stereocenters. The van der Waals surface area contributed by atoms with E-state index in [1.807, 2.05) is 0 Å². The summed E-state index contributed by atoms with van der Waals surface area (Å²) in [5, 5.41) is 3.08. The van der Waals surface area contributed by atoms with Crippen molar-refractivity contribution in [2.24, 2.45) is 0 Å². The standard InChI is InChI=1S/C46H63P/c1-14-15-24-47(37-20-17-16-18-21-37)46-38(44-40(31(6)7)25-35(29(2)3)26-41(44)32(8)9)22-19-23-39(46)45-42(33(10)11)27-36(30(4)5)28-43(45)34(12)13/h16-23,25-34H,14-15,24H2,1-13H3. The third kappa shape index (κ3) is 8.14. The van der Waals surface area contributed by atoms with Crippen LogP contribution >= 0.6 is 7.92 Å². The molecular weight excluding hydrogens is 583 g/mol. The number of rotatable bonds is 13. The molecule has 4 aromatic carbocycles. The third-order valence-corrected chi connectivity index (χ3v) is 12.6. The summed E-state index contributed by atoms with van der Waals surface area (Å²) in [5.74, 6) is 2.71. The zero-order valence-corrected chi connectivity index (χ0v) is 32.9. The lowest BCUT2D eigenvalue weighted by Gasteiger charge is -2.31. The Hall–Kier alpha value is -2.69. The minimum atomic E-state index is -0.612. The van der Waals surface area contributed by atoms with Gasteiger partial charge in [-0.1, -0.05) is 169 Å². The number of unbranched alkanes of at least 4 members (excludes halogenated alkanes) is 1. The van der Waals surface area contributed by atoms with E-state index in [-0.39, 0.29) is 0 Å². The van der Waals surface area contributed by atoms with Crippen LogP contribution in [0.1, 0.15) is 172 Å². The van der Waals surface area contributed by atoms with Gasteiger partial charge < -0.3 is 0 Å². The van der Waals surface area contributed by atoms with Gasteiger partial charge in [-0.25, -0.2) is 0 Å². The molecule has 0 fully saturated rings. The van der Waals surface area contributed by atoms with Crippen LogP contribution in [0.25, 0.3) is 22.3 Å². The van der Waals surface area contributed by atoms with Crippen LogP contribution < -0.4 is 10.6 Å². The average Bonchev–Trinajstić information content (AvgIpc) is 3.03. The fourth-order valence-electron chi connectivity index (χ4n) is 7.07. The SMILES string of the molecule is CCCCP(c1ccccc1)c1c(-c2c(C(C)C)cc(C(C)C)cc2C(C)C)cccc1-c1c(C(C)C)cc(C(C)C)cc1C(C)C. The van der Waals surface area contributed by atoms with E-state index in [0.29, 0.717) is 35.5 Å². The molecule has 0 radical (unpaired) electrons. The summed E-state index contributed by atoms with van der Waals surface area (Å²) in [5.41, 5.74) is 14.8. The topological polar surface area (TPSA) is 0 Å². The molecule has 0 saturated heterocycles. The summed E-state index contributed by atoms with van der Waals surface area (Å²) in [6.45, 7) is 30.9. The van der Waals surface area contributed by atoms with Crippen LogP contribution in [0, 0.1) is 0 Å². The summed E-state index contributed by atoms with van der Waals surface area (Å²) in [6, 6.07) is 29.0. The zero-order chi connectivity index (χ0) is 34.6. The van der Waals surface area contributed by atoms with E-state index in [1.165, 1.54) is 79.9 Å². The van der Waals surface area contributed by atoms with E-state index in [1.54, 1.807) is 5.30 Å². The Morgan fingerprint density at radius 3 is 1.17 bits per heavy atom. The molecule has 0 heterocycles. The molecule has 0 aromatic heterocycles. The average molecular weight is 647 g/mol. The van der Waals surface area contributed by atoms with Crippen molar-refractivity contribution in [3.63, 3.8) is 0 Å². The normalized spacial score (nSPS) is 12.8. The van der Waals surface area contributed by atoms with Crippen molar-refractivity contribution in [1.82, 2.24) is 0 Å². The predicted octanol–water partition coefficient (Wildman–Crippen LogP) is 14.0. The summed E-state index contributed by atoms with van der Waals surface area (Å²) < 4.78 is 0. The summed E-state index contributed by atoms with van der Waals surface area (Å²) in [4.78, 5) is 0. The lowest BCUT2D eigenvalue weighted by molar-refractivity contribution is 0.807. The summed E-state index contributed by atoms with van der Waals surface area (Å²) in [7, 11) is -0.612. The second kappa shape index (κ2) is 16.1. The van der Waals surface area contributed by atoms with Crippen molar-refractivity contribution < 1.29 is 0 Å². The molecule has 4 rings (SSSR count). The number of hydrogen-bond donors (Lipinski definition) is 0. The molecule has 0 nitrogen and oxygen atoms in total. The maximum atomic E-state index is 2.54. The van der Waals surface area contributed by atoms with E-state index >= 15 is 0 Å². The van der Waals surface area contributed by atoms with Crippen molar-refractivity contribution in [1.29, 1.82) is 0 Å². The molecule has 0 spiro atoms. The highest BCUT2D eigenvalue weighted by Crippen LogP contribution is 2.48. The van der Waals surface area contributed by atoms with Crippen LogP contribution in [0.5, 0.6) is 0 Å². The van der Waals surface area contributed by atoms with Gasteiger partial charge in [0.15, 0.2) is 0 Å². The minimum absolute atomic E-state index is 0.430. The molecular formula is C46H63P. The molecule has 0 aliphatic rings. The largest absolute Gasteiger partial charge is 0.0654 e. The molecule has 47 heavy (non-hydrogen) atoms. The molecule has 0 aliphatic heterocycles. The van der Waals surface area contributed by atoms with E-state index in [4.69, 9.17) is 0 Å². The fourth-order valence-corrected chi connectivity index (χ4v) is 9.92. The molecule has 252 valence electrons. The highest BCUT2D eigenvalue weighted by molar-refractivity contribution is 7.73. The summed E-state index contributed by atoms with van der Waals surface area (Å²) >= 11 is 0. The first kappa shape index (κ1) is 37.1. The van der Waals surface area contributed by atoms with Crippen LogP contribution in [0.15, 0.2) is 72.8 Å². The van der Waals surface area contributed by atoms with Crippen LogP contribution in [0.3, 0.4) is 0 Å². The maximum Gasteiger partial charge on any atom is -0.00386 e. The molecule has 1 heteroatoms. The molecule has 1 unspecified atom stereocenters. The Labute approximate surface area is 290 Å². The Kier molecular flexibility index (Phi) is 12.8. The van der Waals surface area contributed by atoms with Gasteiger partial charge in [0, 0.05) is 0 Å². The Balaban J connectivity index is 2.28. The number of benzene rings is 4. The van der Waals surface area contributed by atoms with Crippen LogP contribution in [-0.2, 0) is 0 Å². The van der Waals surface area contributed by atoms with Crippen LogP contribution in [-0.4, -0.2) is 6.16 Å². The fraction of sp³-hybridized carbons (Fsp3) is 0.478. The van der Waals surface area contributed by atoms with E-state index in [0.717, 1.165) is 0 Å². The molecule has 0 amide bonds. The summed E-state index contributed by atoms with van der Waals surface area (Å²) in [6.07, 6.45) is 3.64. The third-order valence-electron chi connectivity index (χ3n) is 9.91. The Morgan fingerprint density at radius 1 is 0.468 bits per heavy atom. The van der Waals surface area contributed by atoms with Gasteiger partial charge in [-0.3, -0.25) is 0 Å². The highest BCUT2D eigenvalue weighted by Gasteiger charge is 2.29. The first-order valence-corrected chi connectivity index (χ1v) is 20.1. The van der Waals surface area contributed by atoms with Crippen molar-refractivity contribution in [2.75, 3.05) is 6.16 Å². The van der Waals surface area contributed by atoms with Crippen LogP contribution in [0.2, 0.25) is 0 Å². The van der Waals surface area contributed by atoms with Gasteiger partial charge in [0.05, 0.1) is 0 Å². The van der Waals surface area contributed by atoms with Crippen molar-refractivity contribution >= 4 is 18.5 Å². The second-order valence-corrected chi connectivity index (χ2v) is 17.9. The second-order valence-electron chi connectivity index (χ2n) is 15.6. The lowest BCUT2D eigenvalue weighted by Crippen LogP contribution is -2.21. The quantitative estimate of drug-likeness (QED) is 0.127. The van der Waals surface area contributed by atoms with Gasteiger partial charge in [0.1, 0.15) is 0 Å². The monoisotopic (exact) mass is 646 g/mol. The maximum absolute atomic E-state index is 2.54. The van der Waals surface area contributed by atoms with E-state index in [9.17, 15) is 0 Å². The number of hydrogen-bond acceptors (Lipinski definition) is 0. The van der Waals surface area contributed by atoms with E-state index < -0.39 is 7.92 Å². The van der Waals surface area contributed by atoms with Gasteiger partial charge in [0.25, 0.3) is 0 Å². The Bertz CT molecular complexity index is 1460. The van der Waals surface area contributed by atoms with Crippen molar-refractivity contribution in [3.05, 3.63) is 106 Å². The van der Waals surface area contributed by atoms with Gasteiger partial charge in [-0.05, 0) is 122 Å². The van der Waals surface area contributed by atoms with E-state index in [2.05, 4.69) is 163 Å². The minimum Gasteiger partial charge on any atom is -0.0654 e. The zero-order valence-electron chi connectivity index (χ0n) is 32.0. The van der Waals surface area contributed by atoms with Gasteiger partial charge in [-0.2, -0.15) is 0 Å². The smallest absolute Gasteiger partial charge is 0.00386 e. The van der Waals surface area contributed by atoms with Crippen molar-refractivity contribution in [3.8, 4) is 22.3 Å². The highest BCUT2D eigenvalue weighted by atomic mass is 31.1. The molecule has 0 saturated carbocycles. The molecule has 0 N–H and O–H groups in total. The van der Waals surface area contributed by atoms with Crippen molar-refractivity contribution in [2.45, 2.75) is 138 Å². The molecule has 0 aliphatic carbocycles. The van der Waals surface area contributed by atoms with Gasteiger partial charge >= 0.3 is 0 Å².